The normalized spacial score (nSPS) is 56.8. The molecule has 0 saturated carbocycles. The summed E-state index contributed by atoms with van der Waals surface area (Å²) in [6.45, 7) is -0.617. The van der Waals surface area contributed by atoms with E-state index in [0.29, 0.717) is 0 Å². The highest BCUT2D eigenvalue weighted by atomic mass is 16.6. The molecule has 10 heavy (non-hydrogen) atoms. The molecule has 60 valence electrons. The van der Waals surface area contributed by atoms with E-state index in [0.717, 1.165) is 0 Å². The molecular formula is C5H10O5. The first-order valence-corrected chi connectivity index (χ1v) is 2.85. The van der Waals surface area contributed by atoms with Gasteiger partial charge in [0.1, 0.15) is 18.3 Å². The van der Waals surface area contributed by atoms with Crippen molar-refractivity contribution in [2.75, 3.05) is 6.61 Å². The maximum atomic E-state index is 9.06. The summed E-state index contributed by atoms with van der Waals surface area (Å²) >= 11 is 0. The Hall–Kier alpha value is -0.200. The maximum absolute atomic E-state index is 9.06. The van der Waals surface area contributed by atoms with E-state index in [9.17, 15) is 0 Å². The van der Waals surface area contributed by atoms with Crippen molar-refractivity contribution in [3.05, 3.63) is 0 Å². The van der Waals surface area contributed by atoms with Crippen molar-refractivity contribution in [2.24, 2.45) is 0 Å². The quantitative estimate of drug-likeness (QED) is 0.330. The van der Waals surface area contributed by atoms with Gasteiger partial charge in [0.2, 0.25) is 0 Å². The van der Waals surface area contributed by atoms with Crippen molar-refractivity contribution in [2.45, 2.75) is 24.6 Å². The van der Waals surface area contributed by atoms with E-state index in [1.807, 2.05) is 0 Å². The van der Waals surface area contributed by atoms with Gasteiger partial charge < -0.3 is 25.2 Å². The highest BCUT2D eigenvalue weighted by Crippen LogP contribution is 2.18. The third-order valence-electron chi connectivity index (χ3n) is 1.37. The molecule has 0 aliphatic carbocycles. The van der Waals surface area contributed by atoms with E-state index < -0.39 is 31.2 Å². The van der Waals surface area contributed by atoms with Gasteiger partial charge in [-0.2, -0.15) is 0 Å². The molecule has 1 saturated heterocycles. The van der Waals surface area contributed by atoms with Crippen LogP contribution in [-0.2, 0) is 4.74 Å². The van der Waals surface area contributed by atoms with Crippen LogP contribution in [0.5, 0.6) is 0 Å². The molecule has 5 heteroatoms. The minimum absolute atomic E-state index is 0.617. The van der Waals surface area contributed by atoms with E-state index in [1.54, 1.807) is 0 Å². The first-order valence-electron chi connectivity index (χ1n) is 3.35. The molecule has 0 aromatic heterocycles. The summed E-state index contributed by atoms with van der Waals surface area (Å²) < 4.78 is 11.5. The molecule has 2 unspecified atom stereocenters. The van der Waals surface area contributed by atoms with Crippen LogP contribution in [0.4, 0.5) is 0 Å². The van der Waals surface area contributed by atoms with Gasteiger partial charge in [0.25, 0.3) is 0 Å². The molecule has 0 amide bonds. The fourth-order valence-electron chi connectivity index (χ4n) is 0.786. The van der Waals surface area contributed by atoms with E-state index >= 15 is 0 Å². The summed E-state index contributed by atoms with van der Waals surface area (Å²) in [5.41, 5.74) is 0. The van der Waals surface area contributed by atoms with Gasteiger partial charge in [0, 0.05) is 0 Å². The molecule has 0 aromatic carbocycles. The Morgan fingerprint density at radius 1 is 1.40 bits per heavy atom. The summed E-state index contributed by atoms with van der Waals surface area (Å²) in [5, 5.41) is 35.2. The lowest BCUT2D eigenvalue weighted by Crippen LogP contribution is -2.33. The molecule has 0 radical (unpaired) electrons. The largest absolute Gasteiger partial charge is 0.394 e. The average molecular weight is 151 g/mol. The lowest BCUT2D eigenvalue weighted by atomic mass is 10.1. The van der Waals surface area contributed by atoms with E-state index in [-0.39, 0.29) is 0 Å². The second-order valence-corrected chi connectivity index (χ2v) is 2.07. The molecule has 1 aliphatic rings. The molecule has 1 aliphatic heterocycles. The Balaban J connectivity index is 2.74. The van der Waals surface area contributed by atoms with Crippen molar-refractivity contribution in [1.29, 1.82) is 0 Å². The summed E-state index contributed by atoms with van der Waals surface area (Å²) in [4.78, 5) is 0. The minimum atomic E-state index is -2.33. The van der Waals surface area contributed by atoms with Gasteiger partial charge in [0.15, 0.2) is 6.29 Å². The SMILES string of the molecule is [2H]C1(O)[C@H](O)C(O)O[C@@H]1CO. The van der Waals surface area contributed by atoms with Gasteiger partial charge in [-0.3, -0.25) is 0 Å². The fourth-order valence-corrected chi connectivity index (χ4v) is 0.786. The molecule has 0 bridgehead atoms. The molecule has 1 fully saturated rings. The number of ether oxygens (including phenoxy) is 1. The van der Waals surface area contributed by atoms with Crippen LogP contribution >= 0.6 is 0 Å². The van der Waals surface area contributed by atoms with Crippen LogP contribution in [0.15, 0.2) is 0 Å². The van der Waals surface area contributed by atoms with Gasteiger partial charge in [-0.1, -0.05) is 0 Å². The smallest absolute Gasteiger partial charge is 0.184 e. The molecule has 0 spiro atoms. The molecule has 1 rings (SSSR count). The lowest BCUT2D eigenvalue weighted by Gasteiger charge is -2.09. The Morgan fingerprint density at radius 3 is 2.20 bits per heavy atom. The van der Waals surface area contributed by atoms with Crippen LogP contribution in [0.1, 0.15) is 1.37 Å². The average Bonchev–Trinajstić information content (AvgIpc) is 2.13. The van der Waals surface area contributed by atoms with Gasteiger partial charge >= 0.3 is 0 Å². The highest BCUT2D eigenvalue weighted by molar-refractivity contribution is 4.84. The summed E-state index contributed by atoms with van der Waals surface area (Å²) in [7, 11) is 0. The number of hydrogen-bond donors (Lipinski definition) is 4. The van der Waals surface area contributed by atoms with Crippen molar-refractivity contribution in [3.8, 4) is 0 Å². The van der Waals surface area contributed by atoms with Crippen LogP contribution in [0.3, 0.4) is 0 Å². The molecule has 5 nitrogen and oxygen atoms in total. The van der Waals surface area contributed by atoms with Crippen molar-refractivity contribution in [1.82, 2.24) is 0 Å². The molecular weight excluding hydrogens is 140 g/mol. The topological polar surface area (TPSA) is 90.2 Å². The Labute approximate surface area is 58.9 Å². The minimum Gasteiger partial charge on any atom is -0.394 e. The van der Waals surface area contributed by atoms with Gasteiger partial charge in [-0.15, -0.1) is 0 Å². The third kappa shape index (κ3) is 1.14. The van der Waals surface area contributed by atoms with E-state index in [1.165, 1.54) is 0 Å². The summed E-state index contributed by atoms with van der Waals surface area (Å²) in [6, 6.07) is 0. The van der Waals surface area contributed by atoms with Crippen molar-refractivity contribution >= 4 is 0 Å². The Kier molecular flexibility index (Phi) is 1.83. The zero-order valence-corrected chi connectivity index (χ0v) is 5.14. The van der Waals surface area contributed by atoms with Gasteiger partial charge in [-0.25, -0.2) is 0 Å². The lowest BCUT2D eigenvalue weighted by molar-refractivity contribution is -0.132. The Bertz CT molecular complexity index is 150. The first-order chi connectivity index (χ1) is 5.00. The standard InChI is InChI=1S/C5H10O5/c6-1-2-3(7)4(8)5(9)10-2/h2-9H,1H2/t2-,3?,4+,5?/m1/s1/i3D. The van der Waals surface area contributed by atoms with Crippen LogP contribution in [0.2, 0.25) is 0 Å². The van der Waals surface area contributed by atoms with E-state index in [2.05, 4.69) is 4.74 Å². The third-order valence-corrected chi connectivity index (χ3v) is 1.37. The van der Waals surface area contributed by atoms with Crippen LogP contribution in [0, 0.1) is 0 Å². The summed E-state index contributed by atoms with van der Waals surface area (Å²) in [5.74, 6) is 0. The maximum Gasteiger partial charge on any atom is 0.184 e. The van der Waals surface area contributed by atoms with Crippen molar-refractivity contribution < 1.29 is 26.5 Å². The molecule has 0 aromatic rings. The molecule has 4 atom stereocenters. The number of hydrogen-bond acceptors (Lipinski definition) is 5. The highest BCUT2D eigenvalue weighted by Gasteiger charge is 2.41. The monoisotopic (exact) mass is 151 g/mol. The zero-order valence-electron chi connectivity index (χ0n) is 6.14. The van der Waals surface area contributed by atoms with Crippen LogP contribution < -0.4 is 0 Å². The zero-order chi connectivity index (χ0) is 8.65. The van der Waals surface area contributed by atoms with Gasteiger partial charge in [-0.05, 0) is 0 Å². The van der Waals surface area contributed by atoms with Crippen LogP contribution in [0.25, 0.3) is 0 Å². The second kappa shape index (κ2) is 2.81. The van der Waals surface area contributed by atoms with Gasteiger partial charge in [0.05, 0.1) is 7.98 Å². The van der Waals surface area contributed by atoms with E-state index in [4.69, 9.17) is 21.8 Å². The molecule has 1 heterocycles. The molecule has 4 N–H and O–H groups in total. The second-order valence-electron chi connectivity index (χ2n) is 2.07. The fraction of sp³-hybridized carbons (Fsp3) is 1.00. The van der Waals surface area contributed by atoms with Crippen molar-refractivity contribution in [3.63, 3.8) is 0 Å². The number of rotatable bonds is 1. The predicted octanol–water partition coefficient (Wildman–Crippen LogP) is -2.58. The van der Waals surface area contributed by atoms with Crippen LogP contribution in [-0.4, -0.2) is 51.6 Å². The predicted molar refractivity (Wildman–Crippen MR) is 30.0 cm³/mol. The Morgan fingerprint density at radius 2 is 2.00 bits per heavy atom. The number of aliphatic hydroxyl groups excluding tert-OH is 3. The summed E-state index contributed by atoms with van der Waals surface area (Å²) in [6.07, 6.45) is -6.88. The number of aliphatic hydroxyl groups is 4. The first kappa shape index (κ1) is 6.51.